The minimum Gasteiger partial charge on any atom is -0.490 e. The fraction of sp³-hybridized carbons (Fsp3) is 0.364. The molecule has 1 aromatic carbocycles. The van der Waals surface area contributed by atoms with E-state index in [0.29, 0.717) is 0 Å². The molecule has 0 unspecified atom stereocenters. The highest BCUT2D eigenvalue weighted by Gasteiger charge is 2.18. The second-order valence-corrected chi connectivity index (χ2v) is 5.48. The molecule has 6 nitrogen and oxygen atoms in total. The molecule has 0 fully saturated rings. The Hall–Kier alpha value is -1.60. The molecule has 0 atom stereocenters. The minimum atomic E-state index is -3.95. The van der Waals surface area contributed by atoms with Gasteiger partial charge < -0.3 is 10.1 Å². The average Bonchev–Trinajstić information content (AvgIpc) is 2.26. The molecule has 0 saturated heterocycles. The Bertz CT molecular complexity index is 552. The van der Waals surface area contributed by atoms with Crippen molar-refractivity contribution in [1.29, 1.82) is 0 Å². The number of hydrogen-bond acceptors (Lipinski definition) is 4. The Morgan fingerprint density at radius 1 is 1.39 bits per heavy atom. The quantitative estimate of drug-likeness (QED) is 0.832. The number of carbonyl (C=O) groups is 1. The van der Waals surface area contributed by atoms with E-state index in [1.807, 2.05) is 0 Å². The predicted molar refractivity (Wildman–Crippen MR) is 67.0 cm³/mol. The molecule has 0 heterocycles. The third-order valence-corrected chi connectivity index (χ3v) is 3.03. The third-order valence-electron chi connectivity index (χ3n) is 2.10. The van der Waals surface area contributed by atoms with E-state index >= 15 is 0 Å². The molecule has 0 bridgehead atoms. The first kappa shape index (κ1) is 14.5. The molecule has 1 aromatic rings. The van der Waals surface area contributed by atoms with Crippen molar-refractivity contribution in [2.45, 2.75) is 24.8 Å². The van der Waals surface area contributed by atoms with Crippen LogP contribution >= 0.6 is 0 Å². The maximum absolute atomic E-state index is 11.5. The molecular formula is C11H16N2O4S. The SMILES string of the molecule is CNC(=O)c1ccc(OC(C)C)c(S(N)(=O)=O)c1. The second kappa shape index (κ2) is 5.36. The molecule has 18 heavy (non-hydrogen) atoms. The summed E-state index contributed by atoms with van der Waals surface area (Å²) in [4.78, 5) is 11.2. The molecule has 1 amide bonds. The van der Waals surface area contributed by atoms with Crippen LogP contribution in [0.2, 0.25) is 0 Å². The van der Waals surface area contributed by atoms with Gasteiger partial charge in [0.25, 0.3) is 5.91 Å². The second-order valence-electron chi connectivity index (χ2n) is 3.95. The number of hydrogen-bond donors (Lipinski definition) is 2. The molecule has 100 valence electrons. The van der Waals surface area contributed by atoms with Gasteiger partial charge in [-0.1, -0.05) is 0 Å². The van der Waals surface area contributed by atoms with E-state index < -0.39 is 15.9 Å². The third kappa shape index (κ3) is 3.44. The number of rotatable bonds is 4. The van der Waals surface area contributed by atoms with Gasteiger partial charge in [0, 0.05) is 12.6 Å². The first-order valence-electron chi connectivity index (χ1n) is 5.31. The number of amides is 1. The van der Waals surface area contributed by atoms with Crippen LogP contribution < -0.4 is 15.2 Å². The molecule has 0 aliphatic rings. The summed E-state index contributed by atoms with van der Waals surface area (Å²) in [6, 6.07) is 4.10. The van der Waals surface area contributed by atoms with E-state index in [0.717, 1.165) is 0 Å². The molecule has 3 N–H and O–H groups in total. The van der Waals surface area contributed by atoms with Crippen LogP contribution in [0.15, 0.2) is 23.1 Å². The van der Waals surface area contributed by atoms with E-state index in [4.69, 9.17) is 9.88 Å². The number of ether oxygens (including phenoxy) is 1. The van der Waals surface area contributed by atoms with E-state index in [2.05, 4.69) is 5.32 Å². The maximum Gasteiger partial charge on any atom is 0.251 e. The molecule has 0 spiro atoms. The number of sulfonamides is 1. The minimum absolute atomic E-state index is 0.139. The summed E-state index contributed by atoms with van der Waals surface area (Å²) >= 11 is 0. The summed E-state index contributed by atoms with van der Waals surface area (Å²) in [6.45, 7) is 3.53. The summed E-state index contributed by atoms with van der Waals surface area (Å²) in [6.07, 6.45) is -0.198. The zero-order valence-electron chi connectivity index (χ0n) is 10.4. The van der Waals surface area contributed by atoms with E-state index in [1.165, 1.54) is 25.2 Å². The van der Waals surface area contributed by atoms with Gasteiger partial charge in [-0.2, -0.15) is 0 Å². The van der Waals surface area contributed by atoms with Gasteiger partial charge in [0.15, 0.2) is 0 Å². The molecule has 7 heteroatoms. The number of carbonyl (C=O) groups excluding carboxylic acids is 1. The zero-order valence-corrected chi connectivity index (χ0v) is 11.2. The summed E-state index contributed by atoms with van der Waals surface area (Å²) in [5.41, 5.74) is 0.206. The predicted octanol–water partition coefficient (Wildman–Crippen LogP) is 0.481. The number of nitrogens with one attached hydrogen (secondary N) is 1. The highest BCUT2D eigenvalue weighted by molar-refractivity contribution is 7.89. The monoisotopic (exact) mass is 272 g/mol. The smallest absolute Gasteiger partial charge is 0.251 e. The van der Waals surface area contributed by atoms with Gasteiger partial charge in [0.2, 0.25) is 10.0 Å². The van der Waals surface area contributed by atoms with Crippen LogP contribution in [0.3, 0.4) is 0 Å². The maximum atomic E-state index is 11.5. The van der Waals surface area contributed by atoms with Crippen LogP contribution in [0.1, 0.15) is 24.2 Å². The molecule has 0 aliphatic heterocycles. The van der Waals surface area contributed by atoms with Gasteiger partial charge >= 0.3 is 0 Å². The van der Waals surface area contributed by atoms with E-state index in [-0.39, 0.29) is 22.3 Å². The van der Waals surface area contributed by atoms with Crippen LogP contribution in [0, 0.1) is 0 Å². The van der Waals surface area contributed by atoms with Crippen molar-refractivity contribution in [3.8, 4) is 5.75 Å². The number of nitrogens with two attached hydrogens (primary N) is 1. The lowest BCUT2D eigenvalue weighted by molar-refractivity contribution is 0.0963. The van der Waals surface area contributed by atoms with Crippen molar-refractivity contribution in [2.24, 2.45) is 5.14 Å². The van der Waals surface area contributed by atoms with Crippen LogP contribution in [0.5, 0.6) is 5.75 Å². The molecule has 0 saturated carbocycles. The Morgan fingerprint density at radius 3 is 2.44 bits per heavy atom. The van der Waals surface area contributed by atoms with Crippen LogP contribution in [-0.4, -0.2) is 27.5 Å². The van der Waals surface area contributed by atoms with Crippen molar-refractivity contribution < 1.29 is 17.9 Å². The van der Waals surface area contributed by atoms with Gasteiger partial charge in [-0.15, -0.1) is 0 Å². The Morgan fingerprint density at radius 2 is 2.00 bits per heavy atom. The highest BCUT2D eigenvalue weighted by Crippen LogP contribution is 2.25. The Labute approximate surface area is 106 Å². The molecule has 0 aliphatic carbocycles. The van der Waals surface area contributed by atoms with Crippen molar-refractivity contribution in [3.05, 3.63) is 23.8 Å². The number of primary sulfonamides is 1. The molecular weight excluding hydrogens is 256 g/mol. The lowest BCUT2D eigenvalue weighted by Crippen LogP contribution is -2.20. The van der Waals surface area contributed by atoms with Gasteiger partial charge in [0.1, 0.15) is 10.6 Å². The van der Waals surface area contributed by atoms with Crippen molar-refractivity contribution in [1.82, 2.24) is 5.32 Å². The largest absolute Gasteiger partial charge is 0.490 e. The van der Waals surface area contributed by atoms with Gasteiger partial charge in [-0.25, -0.2) is 13.6 Å². The van der Waals surface area contributed by atoms with Crippen LogP contribution in [0.4, 0.5) is 0 Å². The van der Waals surface area contributed by atoms with Crippen molar-refractivity contribution in [3.63, 3.8) is 0 Å². The summed E-state index contributed by atoms with van der Waals surface area (Å²) in [5.74, 6) is -0.254. The molecule has 0 aromatic heterocycles. The molecule has 1 rings (SSSR count). The van der Waals surface area contributed by atoms with Gasteiger partial charge in [0.05, 0.1) is 6.10 Å². The fourth-order valence-electron chi connectivity index (χ4n) is 1.37. The lowest BCUT2D eigenvalue weighted by atomic mass is 10.2. The highest BCUT2D eigenvalue weighted by atomic mass is 32.2. The fourth-order valence-corrected chi connectivity index (χ4v) is 2.06. The first-order valence-corrected chi connectivity index (χ1v) is 6.86. The Kier molecular flexibility index (Phi) is 4.31. The van der Waals surface area contributed by atoms with E-state index in [9.17, 15) is 13.2 Å². The van der Waals surface area contributed by atoms with Crippen LogP contribution in [0.25, 0.3) is 0 Å². The number of benzene rings is 1. The summed E-state index contributed by atoms with van der Waals surface area (Å²) in [5, 5.41) is 7.51. The average molecular weight is 272 g/mol. The first-order chi connectivity index (χ1) is 8.25. The lowest BCUT2D eigenvalue weighted by Gasteiger charge is -2.14. The van der Waals surface area contributed by atoms with Gasteiger partial charge in [-0.05, 0) is 32.0 Å². The normalized spacial score (nSPS) is 11.4. The topological polar surface area (TPSA) is 98.5 Å². The Balaban J connectivity index is 3.34. The van der Waals surface area contributed by atoms with Crippen LogP contribution in [-0.2, 0) is 10.0 Å². The van der Waals surface area contributed by atoms with Crippen molar-refractivity contribution >= 4 is 15.9 Å². The van der Waals surface area contributed by atoms with Gasteiger partial charge in [-0.3, -0.25) is 4.79 Å². The molecule has 0 radical (unpaired) electrons. The zero-order chi connectivity index (χ0) is 13.9. The summed E-state index contributed by atoms with van der Waals surface area (Å²) in [7, 11) is -2.49. The standard InChI is InChI=1S/C11H16N2O4S/c1-7(2)17-9-5-4-8(11(14)13-3)6-10(9)18(12,15)16/h4-7H,1-3H3,(H,13,14)(H2,12,15,16). The van der Waals surface area contributed by atoms with E-state index in [1.54, 1.807) is 13.8 Å². The van der Waals surface area contributed by atoms with Crippen molar-refractivity contribution in [2.75, 3.05) is 7.05 Å². The summed E-state index contributed by atoms with van der Waals surface area (Å²) < 4.78 is 28.3.